The molecule has 0 spiro atoms. The predicted molar refractivity (Wildman–Crippen MR) is 405 cm³/mol. The molecular weight excluding hydrogens is 1570 g/mol. The first-order valence-corrected chi connectivity index (χ1v) is 32.3. The van der Waals surface area contributed by atoms with E-state index in [1.165, 1.54) is 35.5 Å². The van der Waals surface area contributed by atoms with Crippen molar-refractivity contribution in [3.8, 4) is 0 Å². The van der Waals surface area contributed by atoms with Crippen molar-refractivity contribution in [1.82, 2.24) is 0 Å². The van der Waals surface area contributed by atoms with Crippen molar-refractivity contribution >= 4 is 87.7 Å². The van der Waals surface area contributed by atoms with Crippen LogP contribution in [-0.2, 0) is 23.7 Å². The van der Waals surface area contributed by atoms with Gasteiger partial charge in [-0.2, -0.15) is 0 Å². The summed E-state index contributed by atoms with van der Waals surface area (Å²) in [5.41, 5.74) is 8.08. The quantitative estimate of drug-likeness (QED) is 0.0171. The summed E-state index contributed by atoms with van der Waals surface area (Å²) in [7, 11) is 6.56. The van der Waals surface area contributed by atoms with Gasteiger partial charge in [0.1, 0.15) is 0 Å². The van der Waals surface area contributed by atoms with Crippen LogP contribution in [0.2, 0.25) is 0 Å². The first kappa shape index (κ1) is 84.2. The maximum Gasteiger partial charge on any atom is 0.337 e. The average Bonchev–Trinajstić information content (AvgIpc) is 0.877. The van der Waals surface area contributed by atoms with Gasteiger partial charge >= 0.3 is 87.7 Å². The van der Waals surface area contributed by atoms with Crippen LogP contribution in [0.5, 0.6) is 0 Å². The third-order valence-electron chi connectivity index (χ3n) is 15.4. The summed E-state index contributed by atoms with van der Waals surface area (Å²) in [6.07, 6.45) is 0.147. The molecule has 0 bridgehead atoms. The van der Waals surface area contributed by atoms with E-state index in [-0.39, 0.29) is 130 Å². The summed E-state index contributed by atoms with van der Waals surface area (Å²) in [5, 5.41) is 0. The molecule has 0 fully saturated rings. The second kappa shape index (κ2) is 44.2. The van der Waals surface area contributed by atoms with Crippen LogP contribution in [0.15, 0.2) is 273 Å². The molecule has 534 valence electrons. The molecule has 0 heterocycles. The summed E-state index contributed by atoms with van der Waals surface area (Å²) in [6, 6.07) is 76.8. The first-order chi connectivity index (χ1) is 50.6. The number of carbonyl (C=O) groups excluding carboxylic acids is 15. The molecule has 0 aliphatic rings. The molecule has 0 aromatic heterocycles. The van der Waals surface area contributed by atoms with Crippen LogP contribution in [0, 0.1) is 39.9 Å². The minimum atomic E-state index is -0.431. The largest absolute Gasteiger partial charge is 0.465 e. The molecule has 10 N–H and O–H groups in total. The van der Waals surface area contributed by atoms with E-state index in [1.807, 2.05) is 91.0 Å². The van der Waals surface area contributed by atoms with Crippen molar-refractivity contribution < 1.29 is 136 Å². The summed E-state index contributed by atoms with van der Waals surface area (Å²) in [6.45, 7) is 0. The van der Waals surface area contributed by atoms with Gasteiger partial charge in [0.15, 0.2) is 32.1 Å². The molecule has 10 rings (SSSR count). The molecule has 0 amide bonds. The van der Waals surface area contributed by atoms with Crippen LogP contribution < -0.4 is 0 Å². The van der Waals surface area contributed by atoms with E-state index in [1.54, 1.807) is 182 Å². The van der Waals surface area contributed by atoms with E-state index in [4.69, 9.17) is 0 Å². The third kappa shape index (κ3) is 26.8. The minimum absolute atomic E-state index is 0. The van der Waals surface area contributed by atoms with Gasteiger partial charge in [-0.25, -0.2) is 24.0 Å². The molecule has 21 heteroatoms. The number of carbonyl (C=O) groups is 5. The molecule has 0 aliphatic heterocycles. The number of rotatable bonds is 25. The molecular formula is C85H80O20Th+10. The van der Waals surface area contributed by atoms with Crippen molar-refractivity contribution in [1.29, 1.82) is 0 Å². The molecule has 0 aliphatic carbocycles. The smallest absolute Gasteiger partial charge is 0.337 e. The Morgan fingerprint density at radius 1 is 0.179 bits per heavy atom. The van der Waals surface area contributed by atoms with Crippen LogP contribution in [0.4, 0.5) is 0 Å². The van der Waals surface area contributed by atoms with Gasteiger partial charge in [-0.05, 0) is 182 Å². The van der Waals surface area contributed by atoms with E-state index in [0.29, 0.717) is 83.5 Å². The second-order valence-electron chi connectivity index (χ2n) is 22.5. The number of ether oxygens (including phenoxy) is 5. The number of benzene rings is 10. The monoisotopic (exact) mass is 1650 g/mol. The topological polar surface area (TPSA) is 345 Å². The number of esters is 5. The summed E-state index contributed by atoms with van der Waals surface area (Å²) >= 11 is 0. The molecule has 20 nitrogen and oxygen atoms in total. The zero-order valence-electron chi connectivity index (χ0n) is 58.6. The molecule has 0 unspecified atom stereocenters. The van der Waals surface area contributed by atoms with Crippen molar-refractivity contribution in [2.45, 2.75) is 32.1 Å². The Morgan fingerprint density at radius 3 is 0.377 bits per heavy atom. The standard InChI is InChI=1S/5C17H14O4.Th/c5*1-21-17(20)14-9-7-13(8-10-14)16(19)11-15(18)12-5-3-2-4-6-12;/h5*2-10H,11H2,1H3;/p+10. The minimum Gasteiger partial charge on any atom is -0.465 e. The summed E-state index contributed by atoms with van der Waals surface area (Å²) < 4.78 is 23.0. The van der Waals surface area contributed by atoms with Crippen molar-refractivity contribution in [2.24, 2.45) is 0 Å². The average molecular weight is 1650 g/mol. The van der Waals surface area contributed by atoms with Crippen LogP contribution in [-0.4, -0.2) is 171 Å². The summed E-state index contributed by atoms with van der Waals surface area (Å²) in [4.78, 5) is 157. The Morgan fingerprint density at radius 2 is 0.274 bits per heavy atom. The SMILES string of the molecule is COC(=O)c1ccc(C(=[OH+])CC(=[OH+])c2ccccc2)cc1.COC(=O)c1ccc(C(=[OH+])CC(=[OH+])c2ccccc2)cc1.COC(=O)c1ccc(C(=[OH+])CC(=[OH+])c2ccccc2)cc1.COC(=O)c1ccc(C(=[OH+])CC(=[OH+])c2ccccc2)cc1.COC(=O)c1ccc(C(=[OH+])CC(=[OH+])c2ccccc2)cc1.[Th]. The van der Waals surface area contributed by atoms with Crippen molar-refractivity contribution in [3.05, 3.63) is 356 Å². The molecule has 0 radical (unpaired) electrons. The molecule has 0 saturated carbocycles. The molecule has 10 aromatic carbocycles. The van der Waals surface area contributed by atoms with E-state index in [0.717, 1.165) is 0 Å². The Hall–Kier alpha value is -12.4. The van der Waals surface area contributed by atoms with Gasteiger partial charge in [0.2, 0.25) is 0 Å². The van der Waals surface area contributed by atoms with Gasteiger partial charge in [0.05, 0.1) is 119 Å². The van der Waals surface area contributed by atoms with Crippen LogP contribution in [0.3, 0.4) is 0 Å². The molecule has 106 heavy (non-hydrogen) atoms. The van der Waals surface area contributed by atoms with Gasteiger partial charge in [-0.1, -0.05) is 91.0 Å². The van der Waals surface area contributed by atoms with Gasteiger partial charge in [-0.15, -0.1) is 0 Å². The fourth-order valence-corrected chi connectivity index (χ4v) is 9.55. The van der Waals surface area contributed by atoms with Crippen LogP contribution in [0.25, 0.3) is 0 Å². The maximum atomic E-state index is 11.3. The predicted octanol–water partition coefficient (Wildman–Crippen LogP) is 11.7. The zero-order chi connectivity index (χ0) is 76.2. The number of hydrogen-bond donors (Lipinski definition) is 0. The van der Waals surface area contributed by atoms with E-state index < -0.39 is 29.8 Å². The number of methoxy groups -OCH3 is 5. The Labute approximate surface area is 642 Å². The van der Waals surface area contributed by atoms with E-state index in [9.17, 15) is 71.9 Å². The Bertz CT molecular complexity index is 4000. The third-order valence-corrected chi connectivity index (χ3v) is 15.4. The number of hydrogen-bond acceptors (Lipinski definition) is 10. The molecule has 0 saturated heterocycles. The van der Waals surface area contributed by atoms with Crippen molar-refractivity contribution in [2.75, 3.05) is 35.5 Å². The van der Waals surface area contributed by atoms with Gasteiger partial charge in [0.25, 0.3) is 0 Å². The van der Waals surface area contributed by atoms with Gasteiger partial charge in [-0.3, -0.25) is 47.9 Å². The van der Waals surface area contributed by atoms with Crippen LogP contribution >= 0.6 is 0 Å². The van der Waals surface area contributed by atoms with E-state index in [2.05, 4.69) is 23.7 Å². The molecule has 10 aromatic rings. The fraction of sp³-hybridized carbons (Fsp3) is 0.118. The summed E-state index contributed by atoms with van der Waals surface area (Å²) in [5.74, 6) is -1.54. The van der Waals surface area contributed by atoms with E-state index >= 15 is 0 Å². The normalized spacial score (nSPS) is 9.86. The molecule has 0 atom stereocenters. The first-order valence-electron chi connectivity index (χ1n) is 32.3. The number of ketones is 10. The van der Waals surface area contributed by atoms with Crippen LogP contribution in [0.1, 0.15) is 140 Å². The Balaban J connectivity index is 0.000000237. The maximum absolute atomic E-state index is 11.3. The zero-order valence-corrected chi connectivity index (χ0v) is 62.7. The van der Waals surface area contributed by atoms with Crippen molar-refractivity contribution in [3.63, 3.8) is 0 Å². The van der Waals surface area contributed by atoms with Gasteiger partial charge < -0.3 is 23.7 Å². The second-order valence-corrected chi connectivity index (χ2v) is 22.5. The Kier molecular flexibility index (Phi) is 35.1. The van der Waals surface area contributed by atoms with Gasteiger partial charge in [0, 0.05) is 39.9 Å². The fourth-order valence-electron chi connectivity index (χ4n) is 9.55.